The van der Waals surface area contributed by atoms with Gasteiger partial charge in [0.2, 0.25) is 0 Å². The zero-order chi connectivity index (χ0) is 81.2. The van der Waals surface area contributed by atoms with E-state index in [9.17, 15) is 0 Å². The molecule has 0 aromatic heterocycles. The fraction of sp³-hybridized carbons (Fsp3) is 0.667. The average molecular weight is 1800 g/mol. The van der Waals surface area contributed by atoms with Gasteiger partial charge in [0, 0.05) is 88.7 Å². The molecular weight excluding hydrogens is 1670 g/mol. The maximum absolute atomic E-state index is 8.65. The van der Waals surface area contributed by atoms with E-state index >= 15 is 0 Å². The van der Waals surface area contributed by atoms with Crippen molar-refractivity contribution in [2.45, 2.75) is 310 Å². The molecule has 22 nitrogen and oxygen atoms in total. The lowest BCUT2D eigenvalue weighted by atomic mass is 10.4. The van der Waals surface area contributed by atoms with Crippen molar-refractivity contribution in [3.8, 4) is 0 Å². The molecule has 0 amide bonds. The molecule has 0 saturated carbocycles. The Hall–Kier alpha value is -0.530. The van der Waals surface area contributed by atoms with Gasteiger partial charge in [-0.05, 0) is 20.7 Å². The Bertz CT molecular complexity index is 3340. The van der Waals surface area contributed by atoms with E-state index in [1.807, 2.05) is 72.8 Å². The summed E-state index contributed by atoms with van der Waals surface area (Å²) in [5.74, 6) is 0. The first-order valence-electron chi connectivity index (χ1n) is 40.7. The van der Waals surface area contributed by atoms with Crippen molar-refractivity contribution in [3.05, 3.63) is 121 Å². The van der Waals surface area contributed by atoms with Crippen LogP contribution in [0, 0.1) is 0 Å². The molecule has 0 radical (unpaired) electrons. The summed E-state index contributed by atoms with van der Waals surface area (Å²) in [7, 11) is -73.1. The molecule has 4 aromatic rings. The van der Waals surface area contributed by atoms with Crippen molar-refractivity contribution in [1.29, 1.82) is 0 Å². The van der Waals surface area contributed by atoms with Crippen molar-refractivity contribution in [2.75, 3.05) is 0 Å². The van der Waals surface area contributed by atoms with Crippen LogP contribution in [-0.4, -0.2) is 140 Å². The smallest absolute Gasteiger partial charge is 0.408 e. The van der Waals surface area contributed by atoms with Crippen LogP contribution in [0.4, 0.5) is 0 Å². The molecule has 7 fully saturated rings. The summed E-state index contributed by atoms with van der Waals surface area (Å²) in [6, 6.07) is 41.5. The molecule has 0 N–H and O–H groups in total. The van der Waals surface area contributed by atoms with E-state index in [0.717, 1.165) is 20.7 Å². The van der Waals surface area contributed by atoms with Crippen LogP contribution < -0.4 is 20.7 Å². The topological polar surface area (TPSA) is 203 Å². The number of rotatable bonds is 20. The zero-order valence-electron chi connectivity index (χ0n) is 71.8. The first-order chi connectivity index (χ1) is 51.1. The molecule has 11 rings (SSSR count). The highest BCUT2D eigenvalue weighted by Crippen LogP contribution is 2.61. The first kappa shape index (κ1) is 90.2. The second kappa shape index (κ2) is 32.1. The Morgan fingerprint density at radius 2 is 0.227 bits per heavy atom. The molecule has 7 aliphatic rings. The maximum Gasteiger partial charge on any atom is 0.481 e. The lowest BCUT2D eigenvalue weighted by Crippen LogP contribution is -2.89. The van der Waals surface area contributed by atoms with Gasteiger partial charge in [-0.1, -0.05) is 343 Å². The summed E-state index contributed by atoms with van der Waals surface area (Å²) in [6.07, 6.45) is 0. The van der Waals surface area contributed by atoms with Crippen molar-refractivity contribution in [2.24, 2.45) is 0 Å². The SMILES string of the molecule is CC(C)[Si]12O[Si](C(C)C)(O[Si]3(C(C)C)O[Si](C(C)C)(O1)O[Si]1(C(C)C)O[Si](C(C)C)(O3)O[Si]3(C(C)C)O[Si](C(C)C)(O1)O[Si](c1ccccc1)(C(C)C)O[Si](c1ccccc1)(C(C)C)O3)O[Si]1(C(C)C)O[Si](C(C)C)(O2)O[Si]2(C(C)C)O[Si](C(C)C)(O1)O[Si](c1ccccc1)(C(C)C)O[Si](c1ccccc1)(C(C)C)O2. The third-order valence-corrected chi connectivity index (χ3v) is 101. The second-order valence-electron chi connectivity index (χ2n) is 36.1. The molecule has 0 aliphatic carbocycles. The Balaban J connectivity index is 1.26. The van der Waals surface area contributed by atoms with E-state index in [2.05, 4.69) is 270 Å². The van der Waals surface area contributed by atoms with E-state index in [1.54, 1.807) is 0 Å². The second-order valence-corrected chi connectivity index (χ2v) is 94.7. The van der Waals surface area contributed by atoms with Gasteiger partial charge in [0.25, 0.3) is 0 Å². The molecular formula is C72H132O22Si16. The van der Waals surface area contributed by atoms with E-state index in [-0.39, 0.29) is 22.2 Å². The highest BCUT2D eigenvalue weighted by molar-refractivity contribution is 7.08. The molecule has 110 heavy (non-hydrogen) atoms. The molecule has 0 spiro atoms. The van der Waals surface area contributed by atoms with E-state index in [1.165, 1.54) is 0 Å². The summed E-state index contributed by atoms with van der Waals surface area (Å²) in [5.41, 5.74) is -8.04. The number of hydrogen-bond acceptors (Lipinski definition) is 22. The average Bonchev–Trinajstić information content (AvgIpc) is 0.685. The van der Waals surface area contributed by atoms with Crippen LogP contribution in [0.5, 0.6) is 0 Å². The standard InChI is InChI=1S/C72H132O22Si16/c1-53(2)95(69-45-37-33-38-46-69)73-96(54(3)4,70-47-39-34-40-48-70)76-100(58(11)12)79-99(75-95,57(9)10)81-103(61(17)18)85-104(82-100,62(19)20)88-108(66(27)28)91-107(87-103,65(25)26)93-109(67(29)30)89-105(63(21)22)83-101(59(13)14)77-97(55(5)6,71-49-41-35-42-50-71)74-98(56(7)8,72-51-43-36-44-52-72)78-102(80-101,60(15)16)84-106(86-105,64(23)24)90-110(92-109,94-108)68(31)32/h33-68H,1-32H3. The van der Waals surface area contributed by atoms with Crippen molar-refractivity contribution >= 4 is 161 Å². The summed E-state index contributed by atoms with van der Waals surface area (Å²) in [4.78, 5) is 0. The van der Waals surface area contributed by atoms with E-state index in [4.69, 9.17) is 90.5 Å². The fourth-order valence-corrected chi connectivity index (χ4v) is 123. The highest BCUT2D eigenvalue weighted by atomic mass is 28.6. The van der Waals surface area contributed by atoms with Gasteiger partial charge in [-0.15, -0.1) is 0 Å². The molecule has 12 unspecified atom stereocenters. The molecule has 7 heterocycles. The lowest BCUT2D eigenvalue weighted by Gasteiger charge is -2.64. The van der Waals surface area contributed by atoms with Gasteiger partial charge in [-0.3, -0.25) is 0 Å². The van der Waals surface area contributed by atoms with Crippen molar-refractivity contribution in [3.63, 3.8) is 0 Å². The van der Waals surface area contributed by atoms with Gasteiger partial charge in [0.05, 0.1) is 0 Å². The van der Waals surface area contributed by atoms with Gasteiger partial charge in [-0.25, -0.2) is 0 Å². The van der Waals surface area contributed by atoms with Crippen LogP contribution >= 0.6 is 0 Å². The minimum Gasteiger partial charge on any atom is -0.408 e. The van der Waals surface area contributed by atoms with Gasteiger partial charge in [0.1, 0.15) is 0 Å². The van der Waals surface area contributed by atoms with Crippen molar-refractivity contribution in [1.82, 2.24) is 0 Å². The predicted octanol–water partition coefficient (Wildman–Crippen LogP) is 17.7. The monoisotopic (exact) mass is 1800 g/mol. The summed E-state index contributed by atoms with van der Waals surface area (Å²) >= 11 is 0. The number of fused-ring (bicyclic) bond motifs is 12. The van der Waals surface area contributed by atoms with Gasteiger partial charge in [0.15, 0.2) is 0 Å². The molecule has 4 aromatic carbocycles. The van der Waals surface area contributed by atoms with Crippen molar-refractivity contribution < 1.29 is 90.5 Å². The quantitative estimate of drug-likeness (QED) is 0.0755. The Morgan fingerprint density at radius 1 is 0.127 bits per heavy atom. The fourth-order valence-electron chi connectivity index (χ4n) is 15.0. The van der Waals surface area contributed by atoms with Crippen LogP contribution in [-0.2, 0) is 90.5 Å². The largest absolute Gasteiger partial charge is 0.481 e. The van der Waals surface area contributed by atoms with Gasteiger partial charge in [-0.2, -0.15) is 0 Å². The molecule has 616 valence electrons. The van der Waals surface area contributed by atoms with Crippen LogP contribution in [0.15, 0.2) is 121 Å². The molecule has 38 heteroatoms. The summed E-state index contributed by atoms with van der Waals surface area (Å²) in [6.45, 7) is 67.4. The minimum absolute atomic E-state index is 0.256. The minimum atomic E-state index is -4.88. The number of hydrogen-bond donors (Lipinski definition) is 0. The number of benzene rings is 4. The predicted molar refractivity (Wildman–Crippen MR) is 462 cm³/mol. The normalized spacial score (nSPS) is 39.6. The molecule has 12 bridgehead atoms. The first-order valence-corrected chi connectivity index (χ1v) is 69.9. The highest BCUT2D eigenvalue weighted by Gasteiger charge is 2.87. The van der Waals surface area contributed by atoms with Crippen LogP contribution in [0.1, 0.15) is 222 Å². The Labute approximate surface area is 677 Å². The molecule has 7 aliphatic heterocycles. The Kier molecular flexibility index (Phi) is 26.4. The zero-order valence-corrected chi connectivity index (χ0v) is 87.8. The molecule has 12 atom stereocenters. The lowest BCUT2D eigenvalue weighted by molar-refractivity contribution is -0.0198. The maximum atomic E-state index is 8.65. The summed E-state index contributed by atoms with van der Waals surface area (Å²) in [5, 5.41) is 3.60. The third-order valence-electron chi connectivity index (χ3n) is 22.6. The van der Waals surface area contributed by atoms with Gasteiger partial charge < -0.3 is 90.5 Å². The van der Waals surface area contributed by atoms with E-state index in [0.29, 0.717) is 0 Å². The van der Waals surface area contributed by atoms with E-state index < -0.39 is 206 Å². The molecule has 7 saturated heterocycles. The van der Waals surface area contributed by atoms with Crippen LogP contribution in [0.3, 0.4) is 0 Å². The third kappa shape index (κ3) is 15.2. The summed E-state index contributed by atoms with van der Waals surface area (Å²) < 4.78 is 189. The van der Waals surface area contributed by atoms with Gasteiger partial charge >= 0.3 is 140 Å². The van der Waals surface area contributed by atoms with Crippen LogP contribution in [0.2, 0.25) is 88.7 Å². The Morgan fingerprint density at radius 3 is 0.318 bits per heavy atom. The van der Waals surface area contributed by atoms with Crippen LogP contribution in [0.25, 0.3) is 0 Å².